The summed E-state index contributed by atoms with van der Waals surface area (Å²) in [4.78, 5) is 18.2. The Bertz CT molecular complexity index is 1090. The first kappa shape index (κ1) is 18.3. The Balaban J connectivity index is 1.49. The predicted octanol–water partition coefficient (Wildman–Crippen LogP) is 4.50. The minimum atomic E-state index is 0.00154. The van der Waals surface area contributed by atoms with Gasteiger partial charge in [0.1, 0.15) is 0 Å². The maximum absolute atomic E-state index is 13.3. The van der Waals surface area contributed by atoms with Crippen molar-refractivity contribution in [3.05, 3.63) is 47.8 Å². The van der Waals surface area contributed by atoms with Gasteiger partial charge in [-0.3, -0.25) is 9.48 Å². The Morgan fingerprint density at radius 2 is 2.07 bits per heavy atom. The van der Waals surface area contributed by atoms with Gasteiger partial charge in [0, 0.05) is 29.7 Å². The van der Waals surface area contributed by atoms with Crippen LogP contribution in [0.3, 0.4) is 0 Å². The molecule has 5 nitrogen and oxygen atoms in total. The van der Waals surface area contributed by atoms with Crippen LogP contribution in [0.4, 0.5) is 0 Å². The molecule has 4 unspecified atom stereocenters. The van der Waals surface area contributed by atoms with Gasteiger partial charge in [-0.15, -0.1) is 0 Å². The molecule has 2 saturated carbocycles. The number of aryl methyl sites for hydroxylation is 1. The minimum absolute atomic E-state index is 0.00154. The van der Waals surface area contributed by atoms with Crippen LogP contribution in [0.5, 0.6) is 0 Å². The van der Waals surface area contributed by atoms with Gasteiger partial charge in [-0.2, -0.15) is 5.10 Å². The third kappa shape index (κ3) is 3.13. The van der Waals surface area contributed by atoms with Crippen LogP contribution in [0, 0.1) is 24.7 Å². The summed E-state index contributed by atoms with van der Waals surface area (Å²) in [6.45, 7) is 4.20. The van der Waals surface area contributed by atoms with Gasteiger partial charge in [-0.25, -0.2) is 4.98 Å². The van der Waals surface area contributed by atoms with E-state index in [0.717, 1.165) is 39.7 Å². The first-order valence-electron chi connectivity index (χ1n) is 10.7. The number of para-hydroxylation sites is 1. The van der Waals surface area contributed by atoms with Crippen molar-refractivity contribution in [2.24, 2.45) is 24.8 Å². The van der Waals surface area contributed by atoms with E-state index < -0.39 is 0 Å². The molecule has 2 aliphatic carbocycles. The van der Waals surface area contributed by atoms with E-state index in [-0.39, 0.29) is 11.9 Å². The number of carbonyl (C=O) groups is 1. The van der Waals surface area contributed by atoms with Crippen molar-refractivity contribution in [2.75, 3.05) is 0 Å². The van der Waals surface area contributed by atoms with E-state index >= 15 is 0 Å². The van der Waals surface area contributed by atoms with E-state index in [9.17, 15) is 4.79 Å². The van der Waals surface area contributed by atoms with Gasteiger partial charge >= 0.3 is 0 Å². The van der Waals surface area contributed by atoms with Crippen LogP contribution < -0.4 is 5.32 Å². The van der Waals surface area contributed by atoms with Gasteiger partial charge < -0.3 is 5.32 Å². The highest BCUT2D eigenvalue weighted by Crippen LogP contribution is 2.49. The fourth-order valence-corrected chi connectivity index (χ4v) is 5.55. The van der Waals surface area contributed by atoms with Gasteiger partial charge in [0.25, 0.3) is 5.91 Å². The number of hydrogen-bond acceptors (Lipinski definition) is 3. The molecule has 1 amide bonds. The molecule has 3 aromatic rings. The van der Waals surface area contributed by atoms with E-state index in [4.69, 9.17) is 4.98 Å². The molecule has 2 fully saturated rings. The van der Waals surface area contributed by atoms with Crippen molar-refractivity contribution in [1.82, 2.24) is 20.1 Å². The van der Waals surface area contributed by atoms with Gasteiger partial charge in [0.2, 0.25) is 0 Å². The SMILES string of the molecule is Cc1c(-c2cc(C(=O)NC(C)C3CC4CCC3C4)c3ccccc3n2)cnn1C. The summed E-state index contributed by atoms with van der Waals surface area (Å²) < 4.78 is 1.84. The van der Waals surface area contributed by atoms with Crippen molar-refractivity contribution in [3.63, 3.8) is 0 Å². The Morgan fingerprint density at radius 3 is 2.76 bits per heavy atom. The van der Waals surface area contributed by atoms with Crippen LogP contribution in [-0.2, 0) is 7.05 Å². The second-order valence-electron chi connectivity index (χ2n) is 8.94. The third-order valence-corrected chi connectivity index (χ3v) is 7.27. The van der Waals surface area contributed by atoms with Crippen LogP contribution in [-0.4, -0.2) is 26.7 Å². The number of rotatable bonds is 4. The molecule has 2 aliphatic rings. The number of pyridine rings is 1. The Hall–Kier alpha value is -2.69. The maximum Gasteiger partial charge on any atom is 0.252 e. The first-order chi connectivity index (χ1) is 14.0. The maximum atomic E-state index is 13.3. The summed E-state index contributed by atoms with van der Waals surface area (Å²) in [7, 11) is 1.92. The number of carbonyl (C=O) groups excluding carboxylic acids is 1. The van der Waals surface area contributed by atoms with Crippen LogP contribution in [0.2, 0.25) is 0 Å². The first-order valence-corrected chi connectivity index (χ1v) is 10.7. The number of hydrogen-bond donors (Lipinski definition) is 1. The predicted molar refractivity (Wildman–Crippen MR) is 115 cm³/mol. The number of nitrogens with zero attached hydrogens (tertiary/aromatic N) is 3. The highest BCUT2D eigenvalue weighted by Gasteiger charge is 2.42. The minimum Gasteiger partial charge on any atom is -0.349 e. The van der Waals surface area contributed by atoms with Crippen molar-refractivity contribution >= 4 is 16.8 Å². The average Bonchev–Trinajstić information content (AvgIpc) is 3.44. The fraction of sp³-hybridized carbons (Fsp3) is 0.458. The summed E-state index contributed by atoms with van der Waals surface area (Å²) in [5.74, 6) is 2.29. The zero-order valence-electron chi connectivity index (χ0n) is 17.4. The van der Waals surface area contributed by atoms with Gasteiger partial charge in [0.15, 0.2) is 0 Å². The Morgan fingerprint density at radius 1 is 1.24 bits per heavy atom. The molecule has 4 atom stereocenters. The summed E-state index contributed by atoms with van der Waals surface area (Å²) in [6, 6.07) is 10.0. The van der Waals surface area contributed by atoms with E-state index in [2.05, 4.69) is 17.3 Å². The molecule has 0 saturated heterocycles. The van der Waals surface area contributed by atoms with Crippen molar-refractivity contribution in [1.29, 1.82) is 0 Å². The van der Waals surface area contributed by atoms with Gasteiger partial charge in [-0.05, 0) is 63.0 Å². The number of amides is 1. The molecule has 5 rings (SSSR count). The molecule has 5 heteroatoms. The number of benzene rings is 1. The molecule has 150 valence electrons. The highest BCUT2D eigenvalue weighted by atomic mass is 16.1. The fourth-order valence-electron chi connectivity index (χ4n) is 5.55. The van der Waals surface area contributed by atoms with Crippen molar-refractivity contribution < 1.29 is 4.79 Å². The van der Waals surface area contributed by atoms with E-state index in [1.54, 1.807) is 0 Å². The summed E-state index contributed by atoms with van der Waals surface area (Å²) in [6.07, 6.45) is 7.16. The highest BCUT2D eigenvalue weighted by molar-refractivity contribution is 6.07. The van der Waals surface area contributed by atoms with Crippen molar-refractivity contribution in [2.45, 2.75) is 45.6 Å². The molecule has 0 radical (unpaired) electrons. The molecule has 29 heavy (non-hydrogen) atoms. The lowest BCUT2D eigenvalue weighted by Crippen LogP contribution is -2.40. The van der Waals surface area contributed by atoms with Crippen LogP contribution in [0.25, 0.3) is 22.2 Å². The normalized spacial score (nSPS) is 24.2. The van der Waals surface area contributed by atoms with E-state index in [1.807, 2.05) is 55.2 Å². The summed E-state index contributed by atoms with van der Waals surface area (Å²) >= 11 is 0. The monoisotopic (exact) mass is 388 g/mol. The number of fused-ring (bicyclic) bond motifs is 3. The molecular formula is C24H28N4O. The van der Waals surface area contributed by atoms with Crippen LogP contribution in [0.15, 0.2) is 36.5 Å². The lowest BCUT2D eigenvalue weighted by atomic mass is 9.84. The molecule has 2 bridgehead atoms. The standard InChI is InChI=1S/C24H28N4O/c1-14(19-11-16-8-9-17(19)10-16)26-24(29)20-12-23(21-13-25-28(3)15(21)2)27-22-7-5-4-6-18(20)22/h4-7,12-14,16-17,19H,8-11H2,1-3H3,(H,26,29). The lowest BCUT2D eigenvalue weighted by Gasteiger charge is -2.28. The van der Waals surface area contributed by atoms with Crippen LogP contribution in [0.1, 0.15) is 48.7 Å². The Labute approximate surface area is 171 Å². The van der Waals surface area contributed by atoms with E-state index in [0.29, 0.717) is 11.5 Å². The van der Waals surface area contributed by atoms with Crippen LogP contribution >= 0.6 is 0 Å². The summed E-state index contributed by atoms with van der Waals surface area (Å²) in [5.41, 5.74) is 4.34. The van der Waals surface area contributed by atoms with E-state index in [1.165, 1.54) is 25.7 Å². The quantitative estimate of drug-likeness (QED) is 0.716. The molecule has 0 spiro atoms. The van der Waals surface area contributed by atoms with Crippen molar-refractivity contribution in [3.8, 4) is 11.3 Å². The largest absolute Gasteiger partial charge is 0.349 e. The second kappa shape index (κ2) is 6.97. The Kier molecular flexibility index (Phi) is 4.41. The van der Waals surface area contributed by atoms with Gasteiger partial charge in [-0.1, -0.05) is 24.6 Å². The molecule has 0 aliphatic heterocycles. The molecule has 2 heterocycles. The third-order valence-electron chi connectivity index (χ3n) is 7.27. The smallest absolute Gasteiger partial charge is 0.252 e. The van der Waals surface area contributed by atoms with Gasteiger partial charge in [0.05, 0.1) is 23.0 Å². The molecule has 2 aromatic heterocycles. The number of aromatic nitrogens is 3. The zero-order valence-corrected chi connectivity index (χ0v) is 17.4. The number of nitrogens with one attached hydrogen (secondary N) is 1. The second-order valence-corrected chi connectivity index (χ2v) is 8.94. The average molecular weight is 389 g/mol. The topological polar surface area (TPSA) is 59.8 Å². The summed E-state index contributed by atoms with van der Waals surface area (Å²) in [5, 5.41) is 8.57. The molecule has 1 aromatic carbocycles. The lowest BCUT2D eigenvalue weighted by molar-refractivity contribution is 0.0917. The molecule has 1 N–H and O–H groups in total. The molecular weight excluding hydrogens is 360 g/mol. The zero-order chi connectivity index (χ0) is 20.1.